The van der Waals surface area contributed by atoms with Gasteiger partial charge in [0.15, 0.2) is 6.10 Å². The highest BCUT2D eigenvalue weighted by Gasteiger charge is 2.47. The van der Waals surface area contributed by atoms with Crippen LogP contribution in [0.1, 0.15) is 61.7 Å². The van der Waals surface area contributed by atoms with Gasteiger partial charge in [-0.25, -0.2) is 9.59 Å². The van der Waals surface area contributed by atoms with Crippen molar-refractivity contribution >= 4 is 25.8 Å². The van der Waals surface area contributed by atoms with Gasteiger partial charge in [-0.1, -0.05) is 94.4 Å². The second-order valence-electron chi connectivity index (χ2n) is 9.65. The molecule has 0 heterocycles. The molecule has 4 aromatic rings. The van der Waals surface area contributed by atoms with Crippen LogP contribution in [-0.2, 0) is 9.47 Å². The highest BCUT2D eigenvalue weighted by molar-refractivity contribution is 7.46. The smallest absolute Gasteiger partial charge is 0.338 e. The monoisotopic (exact) mass is 522 g/mol. The van der Waals surface area contributed by atoms with Crippen molar-refractivity contribution in [3.8, 4) is 0 Å². The molecule has 0 aliphatic heterocycles. The maximum atomic E-state index is 13.5. The minimum Gasteiger partial charge on any atom is -0.454 e. The van der Waals surface area contributed by atoms with Crippen molar-refractivity contribution in [3.05, 3.63) is 137 Å². The minimum absolute atomic E-state index is 0.180. The Morgan fingerprint density at radius 1 is 0.658 bits per heavy atom. The molecule has 0 bridgehead atoms. The Balaban J connectivity index is 1.66. The Morgan fingerprint density at radius 3 is 1.76 bits per heavy atom. The number of ether oxygens (including phenoxy) is 2. The van der Waals surface area contributed by atoms with Crippen LogP contribution in [0.15, 0.2) is 103 Å². The van der Waals surface area contributed by atoms with Crippen LogP contribution in [0.5, 0.6) is 0 Å². The van der Waals surface area contributed by atoms with Gasteiger partial charge in [-0.3, -0.25) is 0 Å². The van der Waals surface area contributed by atoms with Gasteiger partial charge in [-0.05, 0) is 65.4 Å². The van der Waals surface area contributed by atoms with E-state index in [0.717, 1.165) is 22.3 Å². The predicted octanol–water partition coefficient (Wildman–Crippen LogP) is 6.63. The zero-order chi connectivity index (χ0) is 26.6. The molecule has 0 spiro atoms. The third kappa shape index (κ3) is 5.01. The highest BCUT2D eigenvalue weighted by atomic mass is 31.1. The molecule has 4 unspecified atom stereocenters. The van der Waals surface area contributed by atoms with E-state index in [0.29, 0.717) is 19.7 Å². The van der Waals surface area contributed by atoms with Crippen LogP contribution >= 0.6 is 8.58 Å². The van der Waals surface area contributed by atoms with Crippen LogP contribution < -0.4 is 5.30 Å². The Morgan fingerprint density at radius 2 is 1.18 bits per heavy atom. The lowest BCUT2D eigenvalue weighted by atomic mass is 9.70. The summed E-state index contributed by atoms with van der Waals surface area (Å²) < 4.78 is 12.6. The maximum Gasteiger partial charge on any atom is 0.338 e. The van der Waals surface area contributed by atoms with E-state index in [9.17, 15) is 9.59 Å². The van der Waals surface area contributed by atoms with Crippen molar-refractivity contribution in [2.45, 2.75) is 37.9 Å². The molecular formula is C33H31O4P. The first kappa shape index (κ1) is 25.9. The Hall–Kier alpha value is -3.75. The summed E-state index contributed by atoms with van der Waals surface area (Å²) in [6.45, 7) is 6.30. The van der Waals surface area contributed by atoms with E-state index in [1.165, 1.54) is 5.30 Å². The number of hydrogen-bond donors (Lipinski definition) is 0. The molecule has 5 rings (SSSR count). The fraction of sp³-hybridized carbons (Fsp3) is 0.212. The van der Waals surface area contributed by atoms with E-state index in [1.807, 2.05) is 55.5 Å². The Bertz CT molecular complexity index is 1430. The summed E-state index contributed by atoms with van der Waals surface area (Å²) in [5, 5.41) is 1.22. The lowest BCUT2D eigenvalue weighted by molar-refractivity contribution is -0.0531. The van der Waals surface area contributed by atoms with E-state index in [-0.39, 0.29) is 11.8 Å². The van der Waals surface area contributed by atoms with Gasteiger partial charge in [-0.2, -0.15) is 0 Å². The molecule has 4 nitrogen and oxygen atoms in total. The number of rotatable bonds is 6. The summed E-state index contributed by atoms with van der Waals surface area (Å²) in [5.41, 5.74) is 5.40. The van der Waals surface area contributed by atoms with Gasteiger partial charge in [-0.15, -0.1) is 0 Å². The molecule has 5 heteroatoms. The summed E-state index contributed by atoms with van der Waals surface area (Å²) in [6, 6.07) is 32.5. The number of carbonyl (C=O) groups excluding carboxylic acids is 2. The van der Waals surface area contributed by atoms with Crippen molar-refractivity contribution in [1.82, 2.24) is 0 Å². The normalized spacial score (nSPS) is 20.6. The largest absolute Gasteiger partial charge is 0.454 e. The van der Waals surface area contributed by atoms with Crippen LogP contribution in [0.25, 0.3) is 0 Å². The van der Waals surface area contributed by atoms with E-state index in [1.54, 1.807) is 24.3 Å². The lowest BCUT2D eigenvalue weighted by Gasteiger charge is -2.43. The number of carbonyl (C=O) groups is 2. The van der Waals surface area contributed by atoms with Crippen molar-refractivity contribution in [2.75, 3.05) is 6.66 Å². The molecule has 192 valence electrons. The molecule has 0 amide bonds. The first-order valence-corrected chi connectivity index (χ1v) is 14.4. The standard InChI is InChI=1S/C33H31O4P/c1-21-13-12-20-27(38-3)28(21)29-26-19-11-10-18-25(26)22(2)30(36-32(34)23-14-6-4-7-15-23)31(29)37-33(35)24-16-8-5-9-17-24/h4-20,22,29-31,38H,1-3H3/t22?,29-,30?,31?/m1/s1. The van der Waals surface area contributed by atoms with Crippen molar-refractivity contribution in [2.24, 2.45) is 0 Å². The number of benzene rings is 4. The van der Waals surface area contributed by atoms with Crippen molar-refractivity contribution < 1.29 is 19.1 Å². The molecule has 1 aliphatic rings. The van der Waals surface area contributed by atoms with E-state index >= 15 is 0 Å². The first-order valence-electron chi connectivity index (χ1n) is 12.9. The number of esters is 2. The lowest BCUT2D eigenvalue weighted by Crippen LogP contribution is -2.47. The van der Waals surface area contributed by atoms with Gasteiger partial charge >= 0.3 is 11.9 Å². The number of aryl methyl sites for hydroxylation is 1. The first-order chi connectivity index (χ1) is 18.5. The van der Waals surface area contributed by atoms with Gasteiger partial charge in [0.2, 0.25) is 0 Å². The van der Waals surface area contributed by atoms with Crippen molar-refractivity contribution in [1.29, 1.82) is 0 Å². The minimum atomic E-state index is -0.712. The zero-order valence-corrected chi connectivity index (χ0v) is 22.8. The average molecular weight is 523 g/mol. The van der Waals surface area contributed by atoms with Gasteiger partial charge in [0.1, 0.15) is 6.10 Å². The average Bonchev–Trinajstić information content (AvgIpc) is 2.96. The second-order valence-corrected chi connectivity index (χ2v) is 10.7. The molecule has 4 aromatic carbocycles. The summed E-state index contributed by atoms with van der Waals surface area (Å²) in [4.78, 5) is 26.8. The molecule has 0 radical (unpaired) electrons. The summed E-state index contributed by atoms with van der Waals surface area (Å²) >= 11 is 0. The molecule has 1 aliphatic carbocycles. The Labute approximate surface area is 225 Å². The van der Waals surface area contributed by atoms with Crippen LogP contribution in [0.2, 0.25) is 0 Å². The quantitative estimate of drug-likeness (QED) is 0.211. The molecule has 0 N–H and O–H groups in total. The molecular weight excluding hydrogens is 491 g/mol. The number of hydrogen-bond acceptors (Lipinski definition) is 4. The van der Waals surface area contributed by atoms with Gasteiger partial charge < -0.3 is 9.47 Å². The molecule has 0 fully saturated rings. The topological polar surface area (TPSA) is 52.6 Å². The van der Waals surface area contributed by atoms with Crippen LogP contribution in [0, 0.1) is 6.92 Å². The van der Waals surface area contributed by atoms with E-state index < -0.39 is 24.1 Å². The highest BCUT2D eigenvalue weighted by Crippen LogP contribution is 2.46. The van der Waals surface area contributed by atoms with E-state index in [2.05, 4.69) is 43.9 Å². The van der Waals surface area contributed by atoms with Crippen LogP contribution in [-0.4, -0.2) is 30.8 Å². The maximum absolute atomic E-state index is 13.5. The van der Waals surface area contributed by atoms with E-state index in [4.69, 9.17) is 9.47 Å². The third-order valence-electron chi connectivity index (χ3n) is 7.38. The summed E-state index contributed by atoms with van der Waals surface area (Å²) in [7, 11) is 0.557. The zero-order valence-electron chi connectivity index (χ0n) is 21.8. The second kappa shape index (κ2) is 11.3. The SMILES string of the molecule is CPc1cccc(C)c1[C@H]1c2ccccc2C(C)C(OC(=O)c2ccccc2)C1OC(=O)c1ccccc1. The molecule has 38 heavy (non-hydrogen) atoms. The predicted molar refractivity (Wildman–Crippen MR) is 153 cm³/mol. The Kier molecular flexibility index (Phi) is 7.72. The summed E-state index contributed by atoms with van der Waals surface area (Å²) in [5.74, 6) is -1.32. The molecule has 0 saturated carbocycles. The molecule has 0 aromatic heterocycles. The molecule has 0 saturated heterocycles. The van der Waals surface area contributed by atoms with Crippen LogP contribution in [0.4, 0.5) is 0 Å². The fourth-order valence-electron chi connectivity index (χ4n) is 5.50. The van der Waals surface area contributed by atoms with Gasteiger partial charge in [0, 0.05) is 5.92 Å². The molecule has 5 atom stereocenters. The number of fused-ring (bicyclic) bond motifs is 1. The van der Waals surface area contributed by atoms with Gasteiger partial charge in [0.25, 0.3) is 0 Å². The third-order valence-corrected chi connectivity index (χ3v) is 8.35. The van der Waals surface area contributed by atoms with Crippen molar-refractivity contribution in [3.63, 3.8) is 0 Å². The summed E-state index contributed by atoms with van der Waals surface area (Å²) in [6.07, 6.45) is -1.39. The fourth-order valence-corrected chi connectivity index (χ4v) is 6.39. The van der Waals surface area contributed by atoms with Crippen LogP contribution in [0.3, 0.4) is 0 Å². The van der Waals surface area contributed by atoms with Gasteiger partial charge in [0.05, 0.1) is 17.0 Å².